The lowest BCUT2D eigenvalue weighted by molar-refractivity contribution is -0.0612. The summed E-state index contributed by atoms with van der Waals surface area (Å²) in [6, 6.07) is 3.70. The third-order valence-corrected chi connectivity index (χ3v) is 5.08. The van der Waals surface area contributed by atoms with Gasteiger partial charge in [0.15, 0.2) is 0 Å². The van der Waals surface area contributed by atoms with Gasteiger partial charge in [-0.3, -0.25) is 4.79 Å². The summed E-state index contributed by atoms with van der Waals surface area (Å²) < 4.78 is 13.4. The maximum Gasteiger partial charge on any atom is 0.271 e. The molecule has 1 amide bonds. The SMILES string of the molecule is Cc1cccn2cc(C(=O)N[C@@H]3COCC[C@@H]3OCc3cscn3)nc12. The van der Waals surface area contributed by atoms with Crippen LogP contribution >= 0.6 is 11.3 Å². The van der Waals surface area contributed by atoms with Gasteiger partial charge in [0, 0.05) is 24.4 Å². The zero-order valence-electron chi connectivity index (χ0n) is 14.4. The van der Waals surface area contributed by atoms with E-state index in [-0.39, 0.29) is 18.1 Å². The number of hydrogen-bond donors (Lipinski definition) is 1. The van der Waals surface area contributed by atoms with Crippen LogP contribution in [0.4, 0.5) is 0 Å². The van der Waals surface area contributed by atoms with Gasteiger partial charge in [-0.15, -0.1) is 11.3 Å². The summed E-state index contributed by atoms with van der Waals surface area (Å²) in [6.07, 6.45) is 4.26. The number of ether oxygens (including phenoxy) is 2. The molecule has 0 aliphatic carbocycles. The van der Waals surface area contributed by atoms with Gasteiger partial charge >= 0.3 is 0 Å². The predicted molar refractivity (Wildman–Crippen MR) is 97.3 cm³/mol. The summed E-state index contributed by atoms with van der Waals surface area (Å²) in [6.45, 7) is 3.47. The van der Waals surface area contributed by atoms with Gasteiger partial charge in [-0.2, -0.15) is 0 Å². The molecule has 8 heteroatoms. The Morgan fingerprint density at radius 2 is 2.46 bits per heavy atom. The van der Waals surface area contributed by atoms with Crippen LogP contribution in [0.2, 0.25) is 0 Å². The van der Waals surface area contributed by atoms with E-state index in [1.807, 2.05) is 35.0 Å². The molecule has 1 aliphatic heterocycles. The molecule has 1 N–H and O–H groups in total. The molecule has 0 aromatic carbocycles. The van der Waals surface area contributed by atoms with E-state index in [0.29, 0.717) is 25.5 Å². The van der Waals surface area contributed by atoms with E-state index < -0.39 is 0 Å². The minimum Gasteiger partial charge on any atom is -0.379 e. The molecule has 0 bridgehead atoms. The lowest BCUT2D eigenvalue weighted by atomic mass is 10.1. The first-order valence-electron chi connectivity index (χ1n) is 8.52. The minimum atomic E-state index is -0.217. The second-order valence-corrected chi connectivity index (χ2v) is 7.04. The van der Waals surface area contributed by atoms with Gasteiger partial charge in [0.2, 0.25) is 0 Å². The van der Waals surface area contributed by atoms with Crippen molar-refractivity contribution in [1.29, 1.82) is 0 Å². The Kier molecular flexibility index (Phi) is 4.96. The fraction of sp³-hybridized carbons (Fsp3) is 0.389. The lowest BCUT2D eigenvalue weighted by Crippen LogP contribution is -2.50. The molecule has 26 heavy (non-hydrogen) atoms. The normalized spacial score (nSPS) is 20.3. The molecule has 0 saturated carbocycles. The van der Waals surface area contributed by atoms with Crippen LogP contribution in [0.25, 0.3) is 5.65 Å². The Hall–Kier alpha value is -2.29. The Morgan fingerprint density at radius 1 is 1.54 bits per heavy atom. The molecule has 7 nitrogen and oxygen atoms in total. The number of thiazole rings is 1. The summed E-state index contributed by atoms with van der Waals surface area (Å²) in [5.41, 5.74) is 4.89. The molecule has 1 fully saturated rings. The van der Waals surface area contributed by atoms with Crippen LogP contribution in [0.1, 0.15) is 28.2 Å². The van der Waals surface area contributed by atoms with Crippen molar-refractivity contribution in [1.82, 2.24) is 19.7 Å². The van der Waals surface area contributed by atoms with Crippen LogP contribution in [0.5, 0.6) is 0 Å². The number of carbonyl (C=O) groups excluding carboxylic acids is 1. The zero-order chi connectivity index (χ0) is 17.9. The minimum absolute atomic E-state index is 0.104. The molecule has 0 unspecified atom stereocenters. The first-order chi connectivity index (χ1) is 12.7. The van der Waals surface area contributed by atoms with Gasteiger partial charge in [-0.25, -0.2) is 9.97 Å². The van der Waals surface area contributed by atoms with Gasteiger partial charge in [-0.1, -0.05) is 6.07 Å². The highest BCUT2D eigenvalue weighted by molar-refractivity contribution is 7.07. The van der Waals surface area contributed by atoms with Crippen molar-refractivity contribution >= 4 is 22.9 Å². The van der Waals surface area contributed by atoms with E-state index >= 15 is 0 Å². The molecule has 4 heterocycles. The largest absolute Gasteiger partial charge is 0.379 e. The average Bonchev–Trinajstić information content (AvgIpc) is 3.31. The summed E-state index contributed by atoms with van der Waals surface area (Å²) >= 11 is 1.54. The number of hydrogen-bond acceptors (Lipinski definition) is 6. The highest BCUT2D eigenvalue weighted by Gasteiger charge is 2.29. The lowest BCUT2D eigenvalue weighted by Gasteiger charge is -2.31. The highest BCUT2D eigenvalue weighted by atomic mass is 32.1. The summed E-state index contributed by atoms with van der Waals surface area (Å²) in [5, 5.41) is 4.98. The van der Waals surface area contributed by atoms with Gasteiger partial charge in [-0.05, 0) is 25.0 Å². The highest BCUT2D eigenvalue weighted by Crippen LogP contribution is 2.16. The standard InChI is InChI=1S/C18H20N4O3S/c1-12-3-2-5-22-7-14(20-17(12)22)18(23)21-15-9-24-6-4-16(15)25-8-13-10-26-11-19-13/h2-3,5,7,10-11,15-16H,4,6,8-9H2,1H3,(H,21,23)/t15-,16+/m1/s1. The van der Waals surface area contributed by atoms with Crippen LogP contribution in [-0.4, -0.2) is 45.6 Å². The molecule has 0 radical (unpaired) electrons. The zero-order valence-corrected chi connectivity index (χ0v) is 15.2. The van der Waals surface area contributed by atoms with Gasteiger partial charge < -0.3 is 19.2 Å². The molecule has 4 rings (SSSR count). The van der Waals surface area contributed by atoms with Crippen molar-refractivity contribution in [2.45, 2.75) is 32.1 Å². The van der Waals surface area contributed by atoms with Crippen molar-refractivity contribution in [3.05, 3.63) is 52.4 Å². The molecule has 0 spiro atoms. The summed E-state index contributed by atoms with van der Waals surface area (Å²) in [5.74, 6) is -0.217. The van der Waals surface area contributed by atoms with E-state index in [2.05, 4.69) is 15.3 Å². The number of rotatable bonds is 5. The molecule has 3 aromatic heterocycles. The van der Waals surface area contributed by atoms with E-state index in [0.717, 1.165) is 23.3 Å². The molecular formula is C18H20N4O3S. The van der Waals surface area contributed by atoms with E-state index in [1.54, 1.807) is 23.0 Å². The van der Waals surface area contributed by atoms with Crippen molar-refractivity contribution in [2.75, 3.05) is 13.2 Å². The van der Waals surface area contributed by atoms with E-state index in [9.17, 15) is 4.79 Å². The number of carbonyl (C=O) groups is 1. The number of amides is 1. The number of imidazole rings is 1. The Labute approximate surface area is 155 Å². The van der Waals surface area contributed by atoms with Crippen molar-refractivity contribution in [3.8, 4) is 0 Å². The second-order valence-electron chi connectivity index (χ2n) is 6.32. The third kappa shape index (κ3) is 3.62. The molecule has 1 aliphatic rings. The van der Waals surface area contributed by atoms with Crippen molar-refractivity contribution in [2.24, 2.45) is 0 Å². The fourth-order valence-electron chi connectivity index (χ4n) is 3.06. The number of pyridine rings is 1. The van der Waals surface area contributed by atoms with Crippen LogP contribution in [0, 0.1) is 6.92 Å². The van der Waals surface area contributed by atoms with Crippen LogP contribution in [0.15, 0.2) is 35.4 Å². The molecule has 2 atom stereocenters. The quantitative estimate of drug-likeness (QED) is 0.743. The van der Waals surface area contributed by atoms with Gasteiger partial charge in [0.1, 0.15) is 11.3 Å². The average molecular weight is 372 g/mol. The Morgan fingerprint density at radius 3 is 3.27 bits per heavy atom. The first-order valence-corrected chi connectivity index (χ1v) is 9.46. The number of aryl methyl sites for hydroxylation is 1. The number of nitrogens with one attached hydrogen (secondary N) is 1. The number of nitrogens with zero attached hydrogens (tertiary/aromatic N) is 3. The van der Waals surface area contributed by atoms with Crippen molar-refractivity contribution < 1.29 is 14.3 Å². The van der Waals surface area contributed by atoms with E-state index in [4.69, 9.17) is 9.47 Å². The van der Waals surface area contributed by atoms with Crippen LogP contribution in [-0.2, 0) is 16.1 Å². The third-order valence-electron chi connectivity index (χ3n) is 4.45. The Balaban J connectivity index is 1.44. The smallest absolute Gasteiger partial charge is 0.271 e. The second kappa shape index (κ2) is 7.53. The topological polar surface area (TPSA) is 77.8 Å². The van der Waals surface area contributed by atoms with Crippen LogP contribution in [0.3, 0.4) is 0 Å². The fourth-order valence-corrected chi connectivity index (χ4v) is 3.60. The summed E-state index contributed by atoms with van der Waals surface area (Å²) in [7, 11) is 0. The first kappa shape index (κ1) is 17.1. The maximum atomic E-state index is 12.7. The predicted octanol–water partition coefficient (Wildman–Crippen LogP) is 2.20. The molecule has 136 valence electrons. The number of aromatic nitrogens is 3. The molecule has 1 saturated heterocycles. The summed E-state index contributed by atoms with van der Waals surface area (Å²) in [4.78, 5) is 21.3. The molecule has 3 aromatic rings. The van der Waals surface area contributed by atoms with E-state index in [1.165, 1.54) is 0 Å². The van der Waals surface area contributed by atoms with Gasteiger partial charge in [0.25, 0.3) is 5.91 Å². The number of fused-ring (bicyclic) bond motifs is 1. The molecular weight excluding hydrogens is 352 g/mol. The Bertz CT molecular complexity index is 893. The van der Waals surface area contributed by atoms with Gasteiger partial charge in [0.05, 0.1) is 36.6 Å². The van der Waals surface area contributed by atoms with Crippen molar-refractivity contribution in [3.63, 3.8) is 0 Å². The van der Waals surface area contributed by atoms with Crippen LogP contribution < -0.4 is 5.32 Å². The monoisotopic (exact) mass is 372 g/mol. The maximum absolute atomic E-state index is 12.7.